The van der Waals surface area contributed by atoms with Gasteiger partial charge in [0.15, 0.2) is 23.1 Å². The van der Waals surface area contributed by atoms with E-state index in [0.717, 1.165) is 6.07 Å². The molecule has 5 rings (SSSR count). The van der Waals surface area contributed by atoms with E-state index in [2.05, 4.69) is 15.6 Å². The fourth-order valence-corrected chi connectivity index (χ4v) is 4.72. The van der Waals surface area contributed by atoms with Gasteiger partial charge in [0.25, 0.3) is 0 Å². The summed E-state index contributed by atoms with van der Waals surface area (Å²) in [7, 11) is 1.49. The second-order valence-electron chi connectivity index (χ2n) is 10.6. The number of amides is 2. The van der Waals surface area contributed by atoms with E-state index >= 15 is 4.39 Å². The van der Waals surface area contributed by atoms with Crippen molar-refractivity contribution in [3.05, 3.63) is 78.5 Å². The zero-order valence-electron chi connectivity index (χ0n) is 26.4. The van der Waals surface area contributed by atoms with Crippen molar-refractivity contribution in [2.24, 2.45) is 5.41 Å². The summed E-state index contributed by atoms with van der Waals surface area (Å²) in [5.74, 6) is -2.02. The zero-order chi connectivity index (χ0) is 32.0. The number of ether oxygens (including phenoxy) is 3. The molecule has 0 atom stereocenters. The first-order chi connectivity index (χ1) is 21.7. The minimum atomic E-state index is -1.29. The number of methoxy groups -OCH3 is 1. The number of rotatable bonds is 14. The summed E-state index contributed by atoms with van der Waals surface area (Å²) in [6.07, 6.45) is 4.23. The molecule has 1 saturated carbocycles. The zero-order valence-corrected chi connectivity index (χ0v) is 28.5. The number of hydrogen-bond donors (Lipinski definition) is 3. The molecule has 1 heterocycles. The Hall–Kier alpha value is -3.62. The van der Waals surface area contributed by atoms with Crippen LogP contribution in [0.3, 0.4) is 0 Å². The fraction of sp³-hybridized carbons (Fsp3) is 0.273. The first-order valence-corrected chi connectivity index (χ1v) is 14.4. The molecule has 0 unspecified atom stereocenters. The van der Waals surface area contributed by atoms with E-state index in [4.69, 9.17) is 19.3 Å². The number of nitrogens with one attached hydrogen (secondary N) is 2. The summed E-state index contributed by atoms with van der Waals surface area (Å²) in [6.45, 7) is 0.367. The van der Waals surface area contributed by atoms with Crippen LogP contribution in [0.5, 0.6) is 23.0 Å². The van der Waals surface area contributed by atoms with Crippen LogP contribution in [-0.2, 0) is 14.4 Å². The number of unbranched alkanes of at least 4 members (excludes halogenated alkanes) is 2. The van der Waals surface area contributed by atoms with Crippen molar-refractivity contribution in [3.8, 4) is 23.0 Å². The maximum Gasteiger partial charge on any atom is 1.00 e. The van der Waals surface area contributed by atoms with E-state index in [-0.39, 0.29) is 70.7 Å². The maximum absolute atomic E-state index is 15.2. The van der Waals surface area contributed by atoms with Crippen LogP contribution >= 0.6 is 0 Å². The van der Waals surface area contributed by atoms with Gasteiger partial charge in [-0.2, -0.15) is 0 Å². The second kappa shape index (κ2) is 15.8. The molecule has 4 aromatic rings. The van der Waals surface area contributed by atoms with E-state index in [1.54, 1.807) is 18.2 Å². The van der Waals surface area contributed by atoms with Crippen LogP contribution in [0.1, 0.15) is 40.0 Å². The van der Waals surface area contributed by atoms with Crippen molar-refractivity contribution in [1.82, 2.24) is 4.98 Å². The number of nitrogens with zero attached hydrogens (tertiary/aromatic N) is 1. The Morgan fingerprint density at radius 1 is 0.870 bits per heavy atom. The predicted octanol–water partition coefficient (Wildman–Crippen LogP) is 3.81. The average molecular weight is 660 g/mol. The summed E-state index contributed by atoms with van der Waals surface area (Å²) in [6, 6.07) is 14.1. The normalized spacial score (nSPS) is 12.8. The van der Waals surface area contributed by atoms with Crippen LogP contribution < -0.4 is 76.2 Å². The Bertz CT molecular complexity index is 1740. The molecule has 10 nitrogen and oxygen atoms in total. The third-order valence-corrected chi connectivity index (χ3v) is 7.41. The van der Waals surface area contributed by atoms with Crippen LogP contribution in [0.25, 0.3) is 10.9 Å². The quantitative estimate of drug-likeness (QED) is 0.106. The van der Waals surface area contributed by atoms with Gasteiger partial charge in [-0.1, -0.05) is 0 Å². The monoisotopic (exact) mass is 659 g/mol. The van der Waals surface area contributed by atoms with Gasteiger partial charge in [0.2, 0.25) is 11.8 Å². The Kier molecular flexibility index (Phi) is 12.1. The SMILES string of the molecule is COc1cc2c(Oc3ccc(NC(=O)C4(C(=O)Nc5ccc(F)cc5)CC4)cc3F)ccnc2cc1OCCCCCC(=O)O.[H-].[K+]. The molecule has 13 heteroatoms. The molecular weight excluding hydrogens is 627 g/mol. The van der Waals surface area contributed by atoms with Crippen LogP contribution in [0.2, 0.25) is 0 Å². The van der Waals surface area contributed by atoms with Gasteiger partial charge in [-0.3, -0.25) is 19.4 Å². The van der Waals surface area contributed by atoms with Crippen LogP contribution in [-0.4, -0.2) is 41.6 Å². The van der Waals surface area contributed by atoms with Gasteiger partial charge < -0.3 is 31.4 Å². The summed E-state index contributed by atoms with van der Waals surface area (Å²) >= 11 is 0. The van der Waals surface area contributed by atoms with Crippen molar-refractivity contribution in [2.45, 2.75) is 38.5 Å². The molecule has 46 heavy (non-hydrogen) atoms. The fourth-order valence-electron chi connectivity index (χ4n) is 4.72. The number of anilines is 2. The first kappa shape index (κ1) is 35.2. The van der Waals surface area contributed by atoms with E-state index in [9.17, 15) is 18.8 Å². The van der Waals surface area contributed by atoms with Crippen LogP contribution in [0.15, 0.2) is 66.9 Å². The van der Waals surface area contributed by atoms with Gasteiger partial charge in [0.05, 0.1) is 19.2 Å². The molecule has 1 aliphatic rings. The van der Waals surface area contributed by atoms with E-state index in [1.165, 1.54) is 49.7 Å². The number of aliphatic carboxylic acids is 1. The molecule has 0 spiro atoms. The summed E-state index contributed by atoms with van der Waals surface area (Å²) in [4.78, 5) is 40.9. The molecule has 0 bridgehead atoms. The molecule has 0 aliphatic heterocycles. The summed E-state index contributed by atoms with van der Waals surface area (Å²) in [5.41, 5.74) is -0.260. The number of carboxylic acids is 1. The van der Waals surface area contributed by atoms with Gasteiger partial charge in [-0.05, 0) is 80.6 Å². The number of carbonyl (C=O) groups is 3. The average Bonchev–Trinajstić information content (AvgIpc) is 3.83. The minimum absolute atomic E-state index is 0. The Morgan fingerprint density at radius 2 is 1.57 bits per heavy atom. The topological polar surface area (TPSA) is 136 Å². The molecule has 2 amide bonds. The van der Waals surface area contributed by atoms with Gasteiger partial charge in [0.1, 0.15) is 17.0 Å². The number of hydrogen-bond acceptors (Lipinski definition) is 7. The maximum atomic E-state index is 15.2. The second-order valence-corrected chi connectivity index (χ2v) is 10.6. The standard InChI is InChI=1S/C33H31F2N3O7.K.H/c1-43-28-18-23-25(19-29(28)44-16-4-2-3-5-30(39)40)36-15-12-26(23)45-27-11-10-22(17-24(27)35)38-32(42)33(13-14-33)31(41)37-21-8-6-20(34)7-9-21;;/h6-12,15,17-19H,2-5,13-14,16H2,1H3,(H,37,41)(H,38,42)(H,39,40);;/q;+1;-1. The number of fused-ring (bicyclic) bond motifs is 1. The number of carboxylic acid groups (broad SMARTS) is 1. The Morgan fingerprint density at radius 3 is 2.22 bits per heavy atom. The minimum Gasteiger partial charge on any atom is -1.00 e. The molecule has 3 N–H and O–H groups in total. The number of benzene rings is 3. The molecular formula is C33H32F2KN3O7. The van der Waals surface area contributed by atoms with Crippen LogP contribution in [0, 0.1) is 17.0 Å². The summed E-state index contributed by atoms with van der Waals surface area (Å²) in [5, 5.41) is 14.6. The van der Waals surface area contributed by atoms with Gasteiger partial charge in [-0.25, -0.2) is 8.78 Å². The largest absolute Gasteiger partial charge is 1.00 e. The van der Waals surface area contributed by atoms with Gasteiger partial charge in [0, 0.05) is 41.5 Å². The number of aromatic nitrogens is 1. The first-order valence-electron chi connectivity index (χ1n) is 14.4. The Balaban J connectivity index is 0.00000300. The number of halogens is 2. The third kappa shape index (κ3) is 8.59. The van der Waals surface area contributed by atoms with Gasteiger partial charge >= 0.3 is 57.4 Å². The molecule has 0 radical (unpaired) electrons. The van der Waals surface area contributed by atoms with Gasteiger partial charge in [-0.15, -0.1) is 0 Å². The molecule has 1 aliphatic carbocycles. The van der Waals surface area contributed by atoms with Crippen molar-refractivity contribution in [1.29, 1.82) is 0 Å². The number of pyridine rings is 1. The summed E-state index contributed by atoms with van der Waals surface area (Å²) < 4.78 is 45.6. The van der Waals surface area contributed by atoms with Crippen LogP contribution in [0.4, 0.5) is 20.2 Å². The van der Waals surface area contributed by atoms with E-state index in [1.807, 2.05) is 0 Å². The van der Waals surface area contributed by atoms with Crippen molar-refractivity contribution < 1.29 is 95.3 Å². The van der Waals surface area contributed by atoms with Crippen molar-refractivity contribution in [3.63, 3.8) is 0 Å². The molecule has 3 aromatic carbocycles. The molecule has 1 aromatic heterocycles. The molecule has 0 saturated heterocycles. The molecule has 236 valence electrons. The predicted molar refractivity (Wildman–Crippen MR) is 163 cm³/mol. The van der Waals surface area contributed by atoms with Crippen molar-refractivity contribution >= 4 is 40.1 Å². The number of carbonyl (C=O) groups excluding carboxylic acids is 2. The van der Waals surface area contributed by atoms with E-state index < -0.39 is 34.8 Å². The van der Waals surface area contributed by atoms with Crippen molar-refractivity contribution in [2.75, 3.05) is 24.4 Å². The Labute approximate surface area is 307 Å². The van der Waals surface area contributed by atoms with E-state index in [0.29, 0.717) is 72.5 Å². The molecule has 1 fully saturated rings. The third-order valence-electron chi connectivity index (χ3n) is 7.41. The smallest absolute Gasteiger partial charge is 1.00 e.